The van der Waals surface area contributed by atoms with Gasteiger partial charge in [0.15, 0.2) is 0 Å². The van der Waals surface area contributed by atoms with E-state index in [1.54, 1.807) is 0 Å². The number of ether oxygens (including phenoxy) is 1. The van der Waals surface area contributed by atoms with Crippen molar-refractivity contribution in [3.63, 3.8) is 0 Å². The molecule has 0 spiro atoms. The van der Waals surface area contributed by atoms with E-state index in [2.05, 4.69) is 28.0 Å². The lowest BCUT2D eigenvalue weighted by atomic mass is 10.1. The van der Waals surface area contributed by atoms with Crippen LogP contribution in [0.2, 0.25) is 0 Å². The van der Waals surface area contributed by atoms with Crippen LogP contribution in [0.25, 0.3) is 0 Å². The maximum absolute atomic E-state index is 6.01. The van der Waals surface area contributed by atoms with Crippen LogP contribution >= 0.6 is 0 Å². The second-order valence-corrected chi connectivity index (χ2v) is 5.48. The van der Waals surface area contributed by atoms with Crippen LogP contribution in [0, 0.1) is 0 Å². The van der Waals surface area contributed by atoms with Gasteiger partial charge in [-0.3, -0.25) is 9.80 Å². The molecule has 0 radical (unpaired) electrons. The summed E-state index contributed by atoms with van der Waals surface area (Å²) in [5.41, 5.74) is 6.96. The predicted molar refractivity (Wildman–Crippen MR) is 76.5 cm³/mol. The molecule has 19 heavy (non-hydrogen) atoms. The van der Waals surface area contributed by atoms with Gasteiger partial charge in [0.2, 0.25) is 0 Å². The van der Waals surface area contributed by atoms with Crippen molar-refractivity contribution in [2.45, 2.75) is 12.5 Å². The molecule has 0 amide bonds. The van der Waals surface area contributed by atoms with Crippen molar-refractivity contribution in [2.24, 2.45) is 5.73 Å². The molecular formula is C15H23N3O. The zero-order valence-electron chi connectivity index (χ0n) is 11.4. The molecule has 0 aliphatic carbocycles. The number of rotatable bonds is 4. The molecule has 1 atom stereocenters. The average molecular weight is 261 g/mol. The van der Waals surface area contributed by atoms with Gasteiger partial charge < -0.3 is 10.5 Å². The van der Waals surface area contributed by atoms with Crippen LogP contribution in [-0.4, -0.2) is 61.7 Å². The summed E-state index contributed by atoms with van der Waals surface area (Å²) in [6, 6.07) is 8.39. The molecule has 2 aliphatic heterocycles. The fourth-order valence-electron chi connectivity index (χ4n) is 3.02. The topological polar surface area (TPSA) is 41.7 Å². The Kier molecular flexibility index (Phi) is 4.01. The van der Waals surface area contributed by atoms with Gasteiger partial charge in [0.05, 0.1) is 0 Å². The number of hydrogen-bond donors (Lipinski definition) is 1. The summed E-state index contributed by atoms with van der Waals surface area (Å²) in [5, 5.41) is 0. The van der Waals surface area contributed by atoms with Crippen LogP contribution in [0.1, 0.15) is 5.56 Å². The van der Waals surface area contributed by atoms with Crippen molar-refractivity contribution in [1.82, 2.24) is 9.80 Å². The minimum atomic E-state index is 0.332. The van der Waals surface area contributed by atoms with Crippen LogP contribution < -0.4 is 10.5 Å². The highest BCUT2D eigenvalue weighted by atomic mass is 16.5. The number of nitrogens with two attached hydrogens (primary N) is 1. The van der Waals surface area contributed by atoms with Crippen molar-refractivity contribution in [2.75, 3.05) is 45.8 Å². The molecule has 1 fully saturated rings. The van der Waals surface area contributed by atoms with Crippen molar-refractivity contribution in [3.8, 4) is 5.75 Å². The highest BCUT2D eigenvalue weighted by Gasteiger charge is 2.26. The van der Waals surface area contributed by atoms with Gasteiger partial charge in [-0.1, -0.05) is 18.2 Å². The molecule has 2 N–H and O–H groups in total. The van der Waals surface area contributed by atoms with Crippen molar-refractivity contribution < 1.29 is 4.74 Å². The van der Waals surface area contributed by atoms with E-state index in [1.807, 2.05) is 6.07 Å². The molecule has 1 saturated heterocycles. The number of hydrogen-bond acceptors (Lipinski definition) is 4. The lowest BCUT2D eigenvalue weighted by molar-refractivity contribution is 0.0938. The molecule has 1 unspecified atom stereocenters. The minimum Gasteiger partial charge on any atom is -0.488 e. The minimum absolute atomic E-state index is 0.332. The molecule has 2 heterocycles. The van der Waals surface area contributed by atoms with Gasteiger partial charge in [-0.25, -0.2) is 0 Å². The van der Waals surface area contributed by atoms with Crippen LogP contribution in [0.4, 0.5) is 0 Å². The fourth-order valence-corrected chi connectivity index (χ4v) is 3.02. The van der Waals surface area contributed by atoms with E-state index in [0.29, 0.717) is 6.10 Å². The Morgan fingerprint density at radius 2 is 1.84 bits per heavy atom. The van der Waals surface area contributed by atoms with Gasteiger partial charge in [-0.2, -0.15) is 0 Å². The number of fused-ring (bicyclic) bond motifs is 1. The van der Waals surface area contributed by atoms with E-state index in [4.69, 9.17) is 10.5 Å². The largest absolute Gasteiger partial charge is 0.488 e. The Morgan fingerprint density at radius 1 is 1.11 bits per heavy atom. The summed E-state index contributed by atoms with van der Waals surface area (Å²) in [5.74, 6) is 1.08. The zero-order chi connectivity index (χ0) is 13.1. The number of benzene rings is 1. The van der Waals surface area contributed by atoms with E-state index >= 15 is 0 Å². The van der Waals surface area contributed by atoms with E-state index in [-0.39, 0.29) is 0 Å². The second kappa shape index (κ2) is 5.90. The highest BCUT2D eigenvalue weighted by Crippen LogP contribution is 2.28. The Hall–Kier alpha value is -1.10. The van der Waals surface area contributed by atoms with Crippen LogP contribution in [-0.2, 0) is 6.42 Å². The first kappa shape index (κ1) is 12.9. The smallest absolute Gasteiger partial charge is 0.123 e. The van der Waals surface area contributed by atoms with Gasteiger partial charge >= 0.3 is 0 Å². The molecule has 2 aliphatic rings. The third kappa shape index (κ3) is 3.08. The average Bonchev–Trinajstić information content (AvgIpc) is 2.83. The Labute approximate surface area is 115 Å². The van der Waals surface area contributed by atoms with E-state index < -0.39 is 0 Å². The standard InChI is InChI=1S/C15H23N3O/c16-5-6-17-7-9-18(10-8-17)12-14-11-13-3-1-2-4-15(13)19-14/h1-4,14H,5-12,16H2. The Bertz CT molecular complexity index is 391. The Balaban J connectivity index is 1.47. The molecule has 0 bridgehead atoms. The molecule has 104 valence electrons. The van der Waals surface area contributed by atoms with Gasteiger partial charge in [-0.05, 0) is 11.6 Å². The van der Waals surface area contributed by atoms with Gasteiger partial charge in [-0.15, -0.1) is 0 Å². The van der Waals surface area contributed by atoms with Crippen LogP contribution in [0.3, 0.4) is 0 Å². The first-order valence-electron chi connectivity index (χ1n) is 7.24. The summed E-state index contributed by atoms with van der Waals surface area (Å²) in [4.78, 5) is 4.96. The van der Waals surface area contributed by atoms with Gasteiger partial charge in [0, 0.05) is 52.2 Å². The lowest BCUT2D eigenvalue weighted by Gasteiger charge is -2.35. The molecular weight excluding hydrogens is 238 g/mol. The summed E-state index contributed by atoms with van der Waals surface area (Å²) in [7, 11) is 0. The van der Waals surface area contributed by atoms with E-state index in [1.165, 1.54) is 5.56 Å². The first-order valence-corrected chi connectivity index (χ1v) is 7.24. The number of nitrogens with zero attached hydrogens (tertiary/aromatic N) is 2. The molecule has 4 heteroatoms. The first-order chi connectivity index (χ1) is 9.35. The maximum atomic E-state index is 6.01. The maximum Gasteiger partial charge on any atom is 0.123 e. The Morgan fingerprint density at radius 3 is 2.58 bits per heavy atom. The fraction of sp³-hybridized carbons (Fsp3) is 0.600. The highest BCUT2D eigenvalue weighted by molar-refractivity contribution is 5.37. The van der Waals surface area contributed by atoms with E-state index in [0.717, 1.165) is 58.0 Å². The van der Waals surface area contributed by atoms with E-state index in [9.17, 15) is 0 Å². The summed E-state index contributed by atoms with van der Waals surface area (Å²) in [6.07, 6.45) is 1.39. The molecule has 4 nitrogen and oxygen atoms in total. The van der Waals surface area contributed by atoms with Crippen LogP contribution in [0.15, 0.2) is 24.3 Å². The monoisotopic (exact) mass is 261 g/mol. The van der Waals surface area contributed by atoms with Gasteiger partial charge in [0.25, 0.3) is 0 Å². The number of para-hydroxylation sites is 1. The van der Waals surface area contributed by atoms with Crippen molar-refractivity contribution in [3.05, 3.63) is 29.8 Å². The molecule has 1 aromatic carbocycles. The van der Waals surface area contributed by atoms with Gasteiger partial charge in [0.1, 0.15) is 11.9 Å². The molecule has 1 aromatic rings. The third-order valence-electron chi connectivity index (χ3n) is 4.09. The predicted octanol–water partition coefficient (Wildman–Crippen LogP) is 0.566. The molecule has 0 saturated carbocycles. The summed E-state index contributed by atoms with van der Waals surface area (Å²) in [6.45, 7) is 7.38. The normalized spacial score (nSPS) is 24.2. The summed E-state index contributed by atoms with van der Waals surface area (Å²) >= 11 is 0. The van der Waals surface area contributed by atoms with Crippen LogP contribution in [0.5, 0.6) is 5.75 Å². The summed E-state index contributed by atoms with van der Waals surface area (Å²) < 4.78 is 6.01. The third-order valence-corrected chi connectivity index (χ3v) is 4.09. The number of piperazine rings is 1. The lowest BCUT2D eigenvalue weighted by Crippen LogP contribution is -2.50. The van der Waals surface area contributed by atoms with Crippen molar-refractivity contribution in [1.29, 1.82) is 0 Å². The molecule has 0 aromatic heterocycles. The van der Waals surface area contributed by atoms with Crippen molar-refractivity contribution >= 4 is 0 Å². The zero-order valence-corrected chi connectivity index (χ0v) is 11.4. The second-order valence-electron chi connectivity index (χ2n) is 5.48. The quantitative estimate of drug-likeness (QED) is 0.860. The SMILES string of the molecule is NCCN1CCN(CC2Cc3ccccc3O2)CC1. The molecule has 3 rings (SSSR count).